The van der Waals surface area contributed by atoms with Crippen molar-refractivity contribution in [2.24, 2.45) is 0 Å². The molecule has 10 nitrogen and oxygen atoms in total. The number of amides is 1. The lowest BCUT2D eigenvalue weighted by atomic mass is 10.2. The van der Waals surface area contributed by atoms with Crippen LogP contribution in [0.15, 0.2) is 40.8 Å². The maximum atomic E-state index is 12.7. The number of hydrogen-bond acceptors (Lipinski definition) is 8. The van der Waals surface area contributed by atoms with E-state index in [2.05, 4.69) is 10.3 Å². The number of carbonyl (C=O) groups is 2. The van der Waals surface area contributed by atoms with Crippen LogP contribution in [0.25, 0.3) is 10.2 Å². The summed E-state index contributed by atoms with van der Waals surface area (Å²) in [5.41, 5.74) is -0.393. The average molecular weight is 402 g/mol. The molecule has 3 aromatic rings. The number of nitrogens with zero attached hydrogens (tertiary/aromatic N) is 3. The van der Waals surface area contributed by atoms with Gasteiger partial charge in [-0.05, 0) is 13.0 Å². The van der Waals surface area contributed by atoms with E-state index >= 15 is 0 Å². The Morgan fingerprint density at radius 1 is 1.39 bits per heavy atom. The number of esters is 1. The largest absolute Gasteiger partial charge is 0.462 e. The number of aromatic nitrogens is 2. The van der Waals surface area contributed by atoms with Gasteiger partial charge >= 0.3 is 5.97 Å². The normalized spacial score (nSPS) is 10.6. The van der Waals surface area contributed by atoms with E-state index < -0.39 is 22.4 Å². The molecule has 3 rings (SSSR count). The van der Waals surface area contributed by atoms with E-state index in [1.165, 1.54) is 36.0 Å². The van der Waals surface area contributed by atoms with Gasteiger partial charge < -0.3 is 10.1 Å². The second-order valence-corrected chi connectivity index (χ2v) is 6.44. The van der Waals surface area contributed by atoms with Gasteiger partial charge in [0.15, 0.2) is 0 Å². The van der Waals surface area contributed by atoms with Crippen LogP contribution in [0, 0.1) is 10.1 Å². The first kappa shape index (κ1) is 19.2. The van der Waals surface area contributed by atoms with Crippen LogP contribution in [0.1, 0.15) is 17.3 Å². The summed E-state index contributed by atoms with van der Waals surface area (Å²) in [5, 5.41) is 14.9. The summed E-state index contributed by atoms with van der Waals surface area (Å²) in [4.78, 5) is 51.7. The summed E-state index contributed by atoms with van der Waals surface area (Å²) in [7, 11) is 0. The summed E-state index contributed by atoms with van der Waals surface area (Å²) >= 11 is 1.13. The summed E-state index contributed by atoms with van der Waals surface area (Å²) in [6.07, 6.45) is 1.21. The highest BCUT2D eigenvalue weighted by atomic mass is 32.1. The Balaban J connectivity index is 1.85. The fourth-order valence-electron chi connectivity index (χ4n) is 2.49. The molecule has 2 aromatic heterocycles. The maximum absolute atomic E-state index is 12.7. The van der Waals surface area contributed by atoms with E-state index in [1.807, 2.05) is 0 Å². The van der Waals surface area contributed by atoms with Gasteiger partial charge in [0.1, 0.15) is 11.4 Å². The minimum absolute atomic E-state index is 0.0918. The number of benzene rings is 1. The lowest BCUT2D eigenvalue weighted by Crippen LogP contribution is -2.28. The predicted molar refractivity (Wildman–Crippen MR) is 102 cm³/mol. The van der Waals surface area contributed by atoms with Gasteiger partial charge in [-0.1, -0.05) is 6.07 Å². The van der Waals surface area contributed by atoms with Crippen molar-refractivity contribution in [3.05, 3.63) is 62.0 Å². The van der Waals surface area contributed by atoms with Crippen molar-refractivity contribution in [1.82, 2.24) is 9.55 Å². The Labute approximate surface area is 161 Å². The Hall–Kier alpha value is -3.60. The SMILES string of the molecule is CCOC(=O)c1csc2ncn(CC(=O)Nc3cccc([N+](=O)[O-])c3)c(=O)c12. The van der Waals surface area contributed by atoms with Gasteiger partial charge in [0, 0.05) is 23.2 Å². The van der Waals surface area contributed by atoms with Crippen molar-refractivity contribution >= 4 is 44.8 Å². The number of nitrogens with one attached hydrogen (secondary N) is 1. The first-order valence-electron chi connectivity index (χ1n) is 8.08. The quantitative estimate of drug-likeness (QED) is 0.379. The van der Waals surface area contributed by atoms with Crippen molar-refractivity contribution in [3.8, 4) is 0 Å². The molecule has 0 aliphatic carbocycles. The lowest BCUT2D eigenvalue weighted by molar-refractivity contribution is -0.384. The molecule has 0 fully saturated rings. The second kappa shape index (κ2) is 7.96. The molecule has 0 radical (unpaired) electrons. The standard InChI is InChI=1S/C17H14N4O6S/c1-2-27-17(24)12-8-28-15-14(12)16(23)20(9-18-15)7-13(22)19-10-4-3-5-11(6-10)21(25)26/h3-6,8-9H,2,7H2,1H3,(H,19,22). The third-order valence-corrected chi connectivity index (χ3v) is 4.60. The molecule has 0 saturated heterocycles. The van der Waals surface area contributed by atoms with Crippen LogP contribution in [0.4, 0.5) is 11.4 Å². The molecular formula is C17H14N4O6S. The van der Waals surface area contributed by atoms with Crippen LogP contribution in [0.3, 0.4) is 0 Å². The van der Waals surface area contributed by atoms with Gasteiger partial charge in [-0.25, -0.2) is 9.78 Å². The Morgan fingerprint density at radius 3 is 2.89 bits per heavy atom. The molecule has 0 atom stereocenters. The fraction of sp³-hybridized carbons (Fsp3) is 0.176. The second-order valence-electron chi connectivity index (χ2n) is 5.58. The van der Waals surface area contributed by atoms with Gasteiger partial charge in [0.05, 0.1) is 28.8 Å². The molecular weight excluding hydrogens is 388 g/mol. The summed E-state index contributed by atoms with van der Waals surface area (Å²) < 4.78 is 6.00. The highest BCUT2D eigenvalue weighted by molar-refractivity contribution is 7.17. The zero-order valence-corrected chi connectivity index (χ0v) is 15.4. The number of fused-ring (bicyclic) bond motifs is 1. The van der Waals surface area contributed by atoms with Crippen molar-refractivity contribution in [2.45, 2.75) is 13.5 Å². The Bertz CT molecular complexity index is 1140. The number of anilines is 1. The van der Waals surface area contributed by atoms with Crippen LogP contribution < -0.4 is 10.9 Å². The number of nitro groups is 1. The van der Waals surface area contributed by atoms with Gasteiger partial charge in [-0.3, -0.25) is 24.3 Å². The van der Waals surface area contributed by atoms with E-state index in [9.17, 15) is 24.5 Å². The van der Waals surface area contributed by atoms with E-state index in [1.54, 1.807) is 6.92 Å². The molecule has 1 N–H and O–H groups in total. The highest BCUT2D eigenvalue weighted by Gasteiger charge is 2.19. The molecule has 0 aliphatic heterocycles. The minimum Gasteiger partial charge on any atom is -0.462 e. The number of thiophene rings is 1. The van der Waals surface area contributed by atoms with Crippen LogP contribution in [-0.2, 0) is 16.1 Å². The summed E-state index contributed by atoms with van der Waals surface area (Å²) in [6, 6.07) is 5.43. The third kappa shape index (κ3) is 3.88. The topological polar surface area (TPSA) is 133 Å². The number of hydrogen-bond donors (Lipinski definition) is 1. The highest BCUT2D eigenvalue weighted by Crippen LogP contribution is 2.21. The van der Waals surface area contributed by atoms with Gasteiger partial charge in [0.2, 0.25) is 5.91 Å². The molecule has 1 amide bonds. The zero-order valence-electron chi connectivity index (χ0n) is 14.6. The first-order valence-corrected chi connectivity index (χ1v) is 8.96. The van der Waals surface area contributed by atoms with Crippen LogP contribution in [-0.4, -0.2) is 33.0 Å². The van der Waals surface area contributed by atoms with Gasteiger partial charge in [-0.2, -0.15) is 0 Å². The number of carbonyl (C=O) groups excluding carboxylic acids is 2. The molecule has 11 heteroatoms. The van der Waals surface area contributed by atoms with Crippen LogP contribution >= 0.6 is 11.3 Å². The van der Waals surface area contributed by atoms with Crippen molar-refractivity contribution in [1.29, 1.82) is 0 Å². The van der Waals surface area contributed by atoms with E-state index in [-0.39, 0.29) is 35.5 Å². The average Bonchev–Trinajstić information content (AvgIpc) is 3.09. The minimum atomic E-state index is -0.633. The zero-order chi connectivity index (χ0) is 20.3. The predicted octanol–water partition coefficient (Wildman–Crippen LogP) is 2.18. The molecule has 2 heterocycles. The molecule has 0 aliphatic rings. The number of rotatable bonds is 6. The number of nitro benzene ring substituents is 1. The number of non-ortho nitro benzene ring substituents is 1. The van der Waals surface area contributed by atoms with Crippen LogP contribution in [0.5, 0.6) is 0 Å². The molecule has 0 bridgehead atoms. The van der Waals surface area contributed by atoms with Crippen molar-refractivity contribution in [2.75, 3.05) is 11.9 Å². The van der Waals surface area contributed by atoms with Gasteiger partial charge in [0.25, 0.3) is 11.2 Å². The van der Waals surface area contributed by atoms with E-state index in [0.717, 1.165) is 15.9 Å². The molecule has 0 unspecified atom stereocenters. The monoisotopic (exact) mass is 402 g/mol. The van der Waals surface area contributed by atoms with E-state index in [0.29, 0.717) is 4.83 Å². The Morgan fingerprint density at radius 2 is 2.18 bits per heavy atom. The molecule has 144 valence electrons. The fourth-order valence-corrected chi connectivity index (χ4v) is 3.36. The lowest BCUT2D eigenvalue weighted by Gasteiger charge is -2.07. The first-order chi connectivity index (χ1) is 13.4. The molecule has 0 saturated carbocycles. The Kier molecular flexibility index (Phi) is 5.45. The van der Waals surface area contributed by atoms with Crippen molar-refractivity contribution in [3.63, 3.8) is 0 Å². The maximum Gasteiger partial charge on any atom is 0.339 e. The summed E-state index contributed by atoms with van der Waals surface area (Å²) in [6.45, 7) is 1.44. The smallest absolute Gasteiger partial charge is 0.339 e. The molecule has 28 heavy (non-hydrogen) atoms. The third-order valence-electron chi connectivity index (χ3n) is 3.71. The molecule has 0 spiro atoms. The van der Waals surface area contributed by atoms with Crippen LogP contribution in [0.2, 0.25) is 0 Å². The van der Waals surface area contributed by atoms with Crippen molar-refractivity contribution < 1.29 is 19.2 Å². The molecule has 1 aromatic carbocycles. The van der Waals surface area contributed by atoms with E-state index in [4.69, 9.17) is 4.74 Å². The van der Waals surface area contributed by atoms with Gasteiger partial charge in [-0.15, -0.1) is 11.3 Å². The summed E-state index contributed by atoms with van der Waals surface area (Å²) in [5.74, 6) is -1.21. The number of ether oxygens (including phenoxy) is 1.